The fourth-order valence-electron chi connectivity index (χ4n) is 2.80. The van der Waals surface area contributed by atoms with Crippen LogP contribution >= 0.6 is 0 Å². The van der Waals surface area contributed by atoms with E-state index in [2.05, 4.69) is 49.3 Å². The van der Waals surface area contributed by atoms with Gasteiger partial charge in [-0.05, 0) is 43.4 Å². The number of aryl methyl sites for hydroxylation is 2. The van der Waals surface area contributed by atoms with Crippen molar-refractivity contribution in [3.8, 4) is 0 Å². The number of carbonyl (C=O) groups is 1. The smallest absolute Gasteiger partial charge is 0.220 e. The van der Waals surface area contributed by atoms with Gasteiger partial charge in [0.05, 0.1) is 12.6 Å². The first-order valence-electron chi connectivity index (χ1n) is 7.96. The van der Waals surface area contributed by atoms with E-state index in [0.29, 0.717) is 18.8 Å². The van der Waals surface area contributed by atoms with Crippen molar-refractivity contribution in [1.29, 1.82) is 0 Å². The van der Waals surface area contributed by atoms with Gasteiger partial charge in [-0.1, -0.05) is 25.5 Å². The van der Waals surface area contributed by atoms with Gasteiger partial charge in [-0.2, -0.15) is 0 Å². The number of aliphatic hydroxyl groups excluding tert-OH is 1. The molecule has 4 heteroatoms. The Kier molecular flexibility index (Phi) is 5.61. The van der Waals surface area contributed by atoms with E-state index in [1.165, 1.54) is 16.5 Å². The minimum absolute atomic E-state index is 0.00158. The summed E-state index contributed by atoms with van der Waals surface area (Å²) in [5.41, 5.74) is 3.49. The molecule has 0 radical (unpaired) electrons. The zero-order chi connectivity index (χ0) is 16.1. The largest absolute Gasteiger partial charge is 0.394 e. The van der Waals surface area contributed by atoms with Gasteiger partial charge in [0.25, 0.3) is 0 Å². The van der Waals surface area contributed by atoms with E-state index >= 15 is 0 Å². The number of amides is 1. The lowest BCUT2D eigenvalue weighted by Gasteiger charge is -2.18. The summed E-state index contributed by atoms with van der Waals surface area (Å²) in [6.07, 6.45) is 3.92. The summed E-state index contributed by atoms with van der Waals surface area (Å²) in [7, 11) is 0. The highest BCUT2D eigenvalue weighted by atomic mass is 16.3. The van der Waals surface area contributed by atoms with E-state index in [0.717, 1.165) is 11.9 Å². The van der Waals surface area contributed by atoms with Crippen LogP contribution in [0.5, 0.6) is 0 Å². The van der Waals surface area contributed by atoms with Crippen LogP contribution in [0.2, 0.25) is 0 Å². The molecule has 1 heterocycles. The Balaban J connectivity index is 1.93. The molecule has 0 saturated carbocycles. The highest BCUT2D eigenvalue weighted by Crippen LogP contribution is 2.20. The molecule has 4 nitrogen and oxygen atoms in total. The standard InChI is InChI=1S/C18H26N2O2/c1-12(2)8-15(11-21)20-18(22)7-5-14-10-19-17-6-4-13(3)9-16(14)17/h4,6,9-10,12,15,19,21H,5,7-8,11H2,1-3H3,(H,20,22). The minimum Gasteiger partial charge on any atom is -0.394 e. The van der Waals surface area contributed by atoms with Crippen LogP contribution in [0.4, 0.5) is 0 Å². The van der Waals surface area contributed by atoms with Crippen LogP contribution in [0.15, 0.2) is 24.4 Å². The molecule has 120 valence electrons. The van der Waals surface area contributed by atoms with Crippen molar-refractivity contribution in [2.45, 2.75) is 46.1 Å². The van der Waals surface area contributed by atoms with E-state index in [9.17, 15) is 9.90 Å². The van der Waals surface area contributed by atoms with Gasteiger partial charge in [0.2, 0.25) is 5.91 Å². The first kappa shape index (κ1) is 16.6. The number of aromatic amines is 1. The zero-order valence-electron chi connectivity index (χ0n) is 13.6. The number of aliphatic hydroxyl groups is 1. The van der Waals surface area contributed by atoms with E-state index < -0.39 is 0 Å². The number of carbonyl (C=O) groups excluding carboxylic acids is 1. The molecule has 3 N–H and O–H groups in total. The second kappa shape index (κ2) is 7.45. The molecule has 1 amide bonds. The molecule has 0 aliphatic carbocycles. The van der Waals surface area contributed by atoms with Crippen LogP contribution in [0, 0.1) is 12.8 Å². The maximum atomic E-state index is 12.1. The average Bonchev–Trinajstić information content (AvgIpc) is 2.86. The van der Waals surface area contributed by atoms with Gasteiger partial charge < -0.3 is 15.4 Å². The maximum Gasteiger partial charge on any atom is 0.220 e. The van der Waals surface area contributed by atoms with E-state index in [-0.39, 0.29) is 18.6 Å². The van der Waals surface area contributed by atoms with Crippen molar-refractivity contribution in [3.05, 3.63) is 35.5 Å². The van der Waals surface area contributed by atoms with Gasteiger partial charge >= 0.3 is 0 Å². The number of rotatable bonds is 7. The van der Waals surface area contributed by atoms with Crippen LogP contribution < -0.4 is 5.32 Å². The summed E-state index contributed by atoms with van der Waals surface area (Å²) in [5.74, 6) is 0.454. The van der Waals surface area contributed by atoms with Crippen molar-refractivity contribution in [2.24, 2.45) is 5.92 Å². The third-order valence-electron chi connectivity index (χ3n) is 3.89. The Morgan fingerprint density at radius 1 is 1.36 bits per heavy atom. The Morgan fingerprint density at radius 2 is 2.14 bits per heavy atom. The Bertz CT molecular complexity index is 631. The normalized spacial score (nSPS) is 12.8. The number of aromatic nitrogens is 1. The number of H-pyrrole nitrogens is 1. The number of hydrogen-bond acceptors (Lipinski definition) is 2. The summed E-state index contributed by atoms with van der Waals surface area (Å²) in [4.78, 5) is 15.3. The molecule has 1 atom stereocenters. The van der Waals surface area contributed by atoms with E-state index in [4.69, 9.17) is 0 Å². The molecule has 2 rings (SSSR count). The third-order valence-corrected chi connectivity index (χ3v) is 3.89. The van der Waals surface area contributed by atoms with Gasteiger partial charge in [-0.3, -0.25) is 4.79 Å². The molecule has 0 spiro atoms. The van der Waals surface area contributed by atoms with Crippen molar-refractivity contribution < 1.29 is 9.90 Å². The van der Waals surface area contributed by atoms with Crippen molar-refractivity contribution >= 4 is 16.8 Å². The first-order valence-corrected chi connectivity index (χ1v) is 7.96. The van der Waals surface area contributed by atoms with E-state index in [1.807, 2.05) is 6.20 Å². The molecule has 2 aromatic rings. The second-order valence-corrected chi connectivity index (χ2v) is 6.44. The molecule has 0 aliphatic rings. The van der Waals surface area contributed by atoms with Crippen molar-refractivity contribution in [1.82, 2.24) is 10.3 Å². The molecule has 1 aromatic heterocycles. The SMILES string of the molecule is Cc1ccc2[nH]cc(CCC(=O)NC(CO)CC(C)C)c2c1. The molecule has 1 aromatic carbocycles. The molecule has 0 fully saturated rings. The van der Waals surface area contributed by atoms with Gasteiger partial charge in [0.15, 0.2) is 0 Å². The van der Waals surface area contributed by atoms with Crippen LogP contribution in [0.25, 0.3) is 10.9 Å². The summed E-state index contributed by atoms with van der Waals surface area (Å²) >= 11 is 0. The number of hydrogen-bond donors (Lipinski definition) is 3. The number of benzene rings is 1. The number of nitrogens with one attached hydrogen (secondary N) is 2. The quantitative estimate of drug-likeness (QED) is 0.736. The summed E-state index contributed by atoms with van der Waals surface area (Å²) in [6.45, 7) is 6.24. The lowest BCUT2D eigenvalue weighted by molar-refractivity contribution is -0.122. The Morgan fingerprint density at radius 3 is 2.82 bits per heavy atom. The predicted octanol–water partition coefficient (Wildman–Crippen LogP) is 2.93. The molecule has 22 heavy (non-hydrogen) atoms. The summed E-state index contributed by atoms with van der Waals surface area (Å²) in [6, 6.07) is 6.15. The highest BCUT2D eigenvalue weighted by Gasteiger charge is 2.13. The predicted molar refractivity (Wildman–Crippen MR) is 89.8 cm³/mol. The molecular formula is C18H26N2O2. The van der Waals surface area contributed by atoms with Gasteiger partial charge in [0.1, 0.15) is 0 Å². The summed E-state index contributed by atoms with van der Waals surface area (Å²) in [5, 5.41) is 13.4. The van der Waals surface area contributed by atoms with Crippen LogP contribution in [-0.2, 0) is 11.2 Å². The van der Waals surface area contributed by atoms with Crippen molar-refractivity contribution in [3.63, 3.8) is 0 Å². The topological polar surface area (TPSA) is 65.1 Å². The maximum absolute atomic E-state index is 12.1. The van der Waals surface area contributed by atoms with Crippen LogP contribution in [0.3, 0.4) is 0 Å². The average molecular weight is 302 g/mol. The molecule has 0 bridgehead atoms. The zero-order valence-corrected chi connectivity index (χ0v) is 13.6. The van der Waals surface area contributed by atoms with Crippen LogP contribution in [-0.4, -0.2) is 28.6 Å². The Labute approximate surface area is 131 Å². The lowest BCUT2D eigenvalue weighted by Crippen LogP contribution is -2.38. The van der Waals surface area contributed by atoms with Gasteiger partial charge in [-0.25, -0.2) is 0 Å². The second-order valence-electron chi connectivity index (χ2n) is 6.44. The molecule has 0 saturated heterocycles. The molecule has 0 aliphatic heterocycles. The van der Waals surface area contributed by atoms with Gasteiger partial charge in [0, 0.05) is 23.5 Å². The highest BCUT2D eigenvalue weighted by molar-refractivity contribution is 5.84. The van der Waals surface area contributed by atoms with Crippen molar-refractivity contribution in [2.75, 3.05) is 6.61 Å². The van der Waals surface area contributed by atoms with E-state index in [1.54, 1.807) is 0 Å². The monoisotopic (exact) mass is 302 g/mol. The molecular weight excluding hydrogens is 276 g/mol. The van der Waals surface area contributed by atoms with Crippen LogP contribution in [0.1, 0.15) is 37.8 Å². The first-order chi connectivity index (χ1) is 10.5. The summed E-state index contributed by atoms with van der Waals surface area (Å²) < 4.78 is 0. The fourth-order valence-corrected chi connectivity index (χ4v) is 2.80. The molecule has 1 unspecified atom stereocenters. The van der Waals surface area contributed by atoms with Gasteiger partial charge in [-0.15, -0.1) is 0 Å². The fraction of sp³-hybridized carbons (Fsp3) is 0.500. The Hall–Kier alpha value is -1.81. The lowest BCUT2D eigenvalue weighted by atomic mass is 10.0. The number of fused-ring (bicyclic) bond motifs is 1. The minimum atomic E-state index is -0.141. The third kappa shape index (κ3) is 4.34.